The van der Waals surface area contributed by atoms with Gasteiger partial charge in [0.15, 0.2) is 0 Å². The van der Waals surface area contributed by atoms with E-state index >= 15 is 0 Å². The topological polar surface area (TPSA) is 63.0 Å². The first-order valence-corrected chi connectivity index (χ1v) is 12.0. The zero-order valence-electron chi connectivity index (χ0n) is 17.7. The van der Waals surface area contributed by atoms with Crippen LogP contribution in [0.1, 0.15) is 41.7 Å². The Balaban J connectivity index is 1.53. The van der Waals surface area contributed by atoms with Gasteiger partial charge in [0.1, 0.15) is 4.83 Å². The van der Waals surface area contributed by atoms with Crippen molar-refractivity contribution >= 4 is 32.5 Å². The van der Waals surface area contributed by atoms with Crippen LogP contribution in [0, 0.1) is 0 Å². The summed E-state index contributed by atoms with van der Waals surface area (Å²) in [4.78, 5) is 34.0. The van der Waals surface area contributed by atoms with E-state index in [4.69, 9.17) is 0 Å². The van der Waals surface area contributed by atoms with Crippen LogP contribution in [0.3, 0.4) is 0 Å². The summed E-state index contributed by atoms with van der Waals surface area (Å²) in [5, 5.41) is 1.83. The average Bonchev–Trinajstić information content (AvgIpc) is 3.46. The van der Waals surface area contributed by atoms with Gasteiger partial charge in [0.05, 0.1) is 11.1 Å². The maximum Gasteiger partial charge on any atom is 0.334 e. The van der Waals surface area contributed by atoms with Gasteiger partial charge in [-0.25, -0.2) is 9.36 Å². The predicted molar refractivity (Wildman–Crippen MR) is 126 cm³/mol. The van der Waals surface area contributed by atoms with Gasteiger partial charge in [-0.3, -0.25) is 14.7 Å². The Hall–Kier alpha value is -2.64. The Morgan fingerprint density at radius 2 is 1.87 bits per heavy atom. The van der Waals surface area contributed by atoms with Gasteiger partial charge in [0, 0.05) is 35.6 Å². The Morgan fingerprint density at radius 3 is 2.71 bits per heavy atom. The van der Waals surface area contributed by atoms with Crippen molar-refractivity contribution in [2.24, 2.45) is 7.05 Å². The zero-order chi connectivity index (χ0) is 21.1. The predicted octanol–water partition coefficient (Wildman–Crippen LogP) is 3.71. The number of hydrogen-bond donors (Lipinski definition) is 1. The van der Waals surface area contributed by atoms with Gasteiger partial charge < -0.3 is 4.57 Å². The summed E-state index contributed by atoms with van der Waals surface area (Å²) >= 11 is 1.58. The Kier molecular flexibility index (Phi) is 4.43. The molecule has 0 atom stereocenters. The number of hydrogen-bond acceptors (Lipinski definition) is 4. The monoisotopic (exact) mass is 434 g/mol. The largest absolute Gasteiger partial charge is 0.350 e. The number of thiophene rings is 1. The van der Waals surface area contributed by atoms with Crippen molar-refractivity contribution in [3.63, 3.8) is 0 Å². The smallest absolute Gasteiger partial charge is 0.334 e. The molecule has 4 aromatic rings. The van der Waals surface area contributed by atoms with E-state index in [1.165, 1.54) is 27.8 Å². The summed E-state index contributed by atoms with van der Waals surface area (Å²) in [6, 6.07) is 5.93. The van der Waals surface area contributed by atoms with Crippen molar-refractivity contribution in [3.05, 3.63) is 61.2 Å². The van der Waals surface area contributed by atoms with Crippen molar-refractivity contribution in [1.29, 1.82) is 0 Å². The highest BCUT2D eigenvalue weighted by molar-refractivity contribution is 7.18. The molecule has 0 bridgehead atoms. The molecule has 0 unspecified atom stereocenters. The molecule has 1 saturated heterocycles. The first-order valence-electron chi connectivity index (χ1n) is 11.2. The second-order valence-corrected chi connectivity index (χ2v) is 10.0. The number of aryl methyl sites for hydroxylation is 3. The standard InChI is InChI=1S/C24H26N4O2S/c1-26-13-15(14-27-10-4-5-11-27)18-12-16(8-9-19(18)26)28-23(29)21-17-6-2-3-7-20(17)31-22(21)25-24(28)30/h8-9,12-13H,2-7,10-11,14H2,1H3,(H,25,30). The van der Waals surface area contributed by atoms with Crippen LogP contribution < -0.4 is 11.2 Å². The number of nitrogens with zero attached hydrogens (tertiary/aromatic N) is 3. The summed E-state index contributed by atoms with van der Waals surface area (Å²) < 4.78 is 3.46. The molecule has 1 aromatic carbocycles. The van der Waals surface area contributed by atoms with E-state index in [-0.39, 0.29) is 11.2 Å². The molecule has 6 rings (SSSR count). The van der Waals surface area contributed by atoms with E-state index in [2.05, 4.69) is 27.7 Å². The lowest BCUT2D eigenvalue weighted by Gasteiger charge is -2.14. The number of H-pyrrole nitrogens is 1. The van der Waals surface area contributed by atoms with Crippen molar-refractivity contribution in [3.8, 4) is 5.69 Å². The van der Waals surface area contributed by atoms with E-state index in [1.807, 2.05) is 18.2 Å². The lowest BCUT2D eigenvalue weighted by molar-refractivity contribution is 0.332. The number of nitrogens with one attached hydrogen (secondary N) is 1. The summed E-state index contributed by atoms with van der Waals surface area (Å²) in [6.07, 6.45) is 8.88. The van der Waals surface area contributed by atoms with Gasteiger partial charge in [-0.1, -0.05) is 0 Å². The molecule has 0 radical (unpaired) electrons. The molecule has 0 saturated carbocycles. The molecule has 6 nitrogen and oxygen atoms in total. The van der Waals surface area contributed by atoms with Crippen LogP contribution in [0.2, 0.25) is 0 Å². The van der Waals surface area contributed by atoms with Crippen LogP contribution >= 0.6 is 11.3 Å². The van der Waals surface area contributed by atoms with Crippen LogP contribution in [-0.2, 0) is 26.4 Å². The van der Waals surface area contributed by atoms with Crippen LogP contribution in [0.5, 0.6) is 0 Å². The normalized spacial score (nSPS) is 17.1. The number of fused-ring (bicyclic) bond motifs is 4. The molecule has 1 N–H and O–H groups in total. The van der Waals surface area contributed by atoms with Gasteiger partial charge >= 0.3 is 5.69 Å². The third kappa shape index (κ3) is 3.02. The van der Waals surface area contributed by atoms with Crippen molar-refractivity contribution < 1.29 is 0 Å². The number of rotatable bonds is 3. The highest BCUT2D eigenvalue weighted by Gasteiger charge is 2.22. The molecule has 31 heavy (non-hydrogen) atoms. The maximum atomic E-state index is 13.5. The van der Waals surface area contributed by atoms with Crippen molar-refractivity contribution in [2.45, 2.75) is 45.1 Å². The summed E-state index contributed by atoms with van der Waals surface area (Å²) in [5.74, 6) is 0. The van der Waals surface area contributed by atoms with Crippen LogP contribution in [0.4, 0.5) is 0 Å². The van der Waals surface area contributed by atoms with E-state index in [0.717, 1.165) is 66.6 Å². The minimum atomic E-state index is -0.354. The van der Waals surface area contributed by atoms with E-state index in [0.29, 0.717) is 11.1 Å². The number of aromatic amines is 1. The number of aromatic nitrogens is 3. The van der Waals surface area contributed by atoms with Crippen LogP contribution in [0.25, 0.3) is 26.8 Å². The number of benzene rings is 1. The molecule has 0 amide bonds. The summed E-state index contributed by atoms with van der Waals surface area (Å²) in [5.41, 5.74) is 3.63. The Bertz CT molecular complexity index is 1430. The summed E-state index contributed by atoms with van der Waals surface area (Å²) in [6.45, 7) is 3.17. The molecule has 0 spiro atoms. The molecule has 2 aliphatic rings. The first kappa shape index (κ1) is 19.1. The minimum absolute atomic E-state index is 0.186. The molecule has 1 aliphatic heterocycles. The molecule has 3 aromatic heterocycles. The number of likely N-dealkylation sites (tertiary alicyclic amines) is 1. The second-order valence-electron chi connectivity index (χ2n) is 8.94. The fourth-order valence-corrected chi connectivity index (χ4v) is 6.65. The lowest BCUT2D eigenvalue weighted by Crippen LogP contribution is -2.33. The van der Waals surface area contributed by atoms with E-state index < -0.39 is 0 Å². The molecular formula is C24H26N4O2S. The fourth-order valence-electron chi connectivity index (χ4n) is 5.38. The van der Waals surface area contributed by atoms with Crippen LogP contribution in [0.15, 0.2) is 34.0 Å². The van der Waals surface area contributed by atoms with Gasteiger partial charge in [0.25, 0.3) is 5.56 Å². The van der Waals surface area contributed by atoms with E-state index in [9.17, 15) is 9.59 Å². The van der Waals surface area contributed by atoms with Crippen LogP contribution in [-0.4, -0.2) is 32.1 Å². The maximum absolute atomic E-state index is 13.5. The molecule has 1 aliphatic carbocycles. The fraction of sp³-hybridized carbons (Fsp3) is 0.417. The lowest BCUT2D eigenvalue weighted by atomic mass is 9.97. The highest BCUT2D eigenvalue weighted by Crippen LogP contribution is 2.33. The van der Waals surface area contributed by atoms with Gasteiger partial charge in [-0.15, -0.1) is 11.3 Å². The van der Waals surface area contributed by atoms with E-state index in [1.54, 1.807) is 11.3 Å². The third-order valence-corrected chi connectivity index (χ3v) is 8.13. The first-order chi connectivity index (χ1) is 15.1. The molecule has 7 heteroatoms. The molecule has 160 valence electrons. The SMILES string of the molecule is Cn1cc(CN2CCCC2)c2cc(-n3c(=O)[nH]c4sc5c(c4c3=O)CCCC5)ccc21. The molecular weight excluding hydrogens is 408 g/mol. The second kappa shape index (κ2) is 7.21. The average molecular weight is 435 g/mol. The minimum Gasteiger partial charge on any atom is -0.350 e. The molecule has 1 fully saturated rings. The van der Waals surface area contributed by atoms with Gasteiger partial charge in [-0.05, 0) is 80.9 Å². The van der Waals surface area contributed by atoms with Gasteiger partial charge in [-0.2, -0.15) is 0 Å². The summed E-state index contributed by atoms with van der Waals surface area (Å²) in [7, 11) is 2.05. The third-order valence-electron chi connectivity index (χ3n) is 6.92. The highest BCUT2D eigenvalue weighted by atomic mass is 32.1. The molecule has 4 heterocycles. The van der Waals surface area contributed by atoms with Gasteiger partial charge in [0.2, 0.25) is 0 Å². The van der Waals surface area contributed by atoms with Crippen molar-refractivity contribution in [2.75, 3.05) is 13.1 Å². The zero-order valence-corrected chi connectivity index (χ0v) is 18.6. The van der Waals surface area contributed by atoms with Crippen molar-refractivity contribution in [1.82, 2.24) is 19.0 Å². The Labute approximate surface area is 183 Å². The Morgan fingerprint density at radius 1 is 1.06 bits per heavy atom. The quantitative estimate of drug-likeness (QED) is 0.535.